The minimum atomic E-state index is -0.910. The topological polar surface area (TPSA) is 79.7 Å². The van der Waals surface area contributed by atoms with Gasteiger partial charge in [-0.3, -0.25) is 14.5 Å². The lowest BCUT2D eigenvalue weighted by Crippen LogP contribution is -2.29. The minimum absolute atomic E-state index is 0.0228. The molecule has 6 nitrogen and oxygen atoms in total. The predicted molar refractivity (Wildman–Crippen MR) is 139 cm³/mol. The molecule has 1 saturated heterocycles. The molecule has 2 aliphatic heterocycles. The van der Waals surface area contributed by atoms with E-state index in [2.05, 4.69) is 20.9 Å². The van der Waals surface area contributed by atoms with Crippen molar-refractivity contribution >= 4 is 60.1 Å². The van der Waals surface area contributed by atoms with E-state index >= 15 is 0 Å². The van der Waals surface area contributed by atoms with E-state index < -0.39 is 23.5 Å². The van der Waals surface area contributed by atoms with Gasteiger partial charge in [0.25, 0.3) is 5.78 Å². The molecule has 1 amide bonds. The maximum atomic E-state index is 13.8. The van der Waals surface area contributed by atoms with Crippen molar-refractivity contribution in [3.05, 3.63) is 93.2 Å². The lowest BCUT2D eigenvalue weighted by atomic mass is 9.94. The van der Waals surface area contributed by atoms with Crippen LogP contribution >= 0.6 is 27.3 Å². The molecule has 2 atom stereocenters. The van der Waals surface area contributed by atoms with Gasteiger partial charge in [0.1, 0.15) is 23.4 Å². The first-order valence-electron chi connectivity index (χ1n) is 11.2. The number of halogens is 2. The second-order valence-electron chi connectivity index (χ2n) is 8.78. The average Bonchev–Trinajstić information content (AvgIpc) is 3.51. The zero-order valence-electron chi connectivity index (χ0n) is 18.9. The Kier molecular flexibility index (Phi) is 5.42. The number of rotatable bonds is 3. The number of nitrogens with zero attached hydrogens (tertiary/aromatic N) is 2. The second kappa shape index (κ2) is 8.53. The maximum absolute atomic E-state index is 13.8. The van der Waals surface area contributed by atoms with Gasteiger partial charge in [0.2, 0.25) is 0 Å². The van der Waals surface area contributed by atoms with Crippen molar-refractivity contribution in [2.24, 2.45) is 0 Å². The van der Waals surface area contributed by atoms with Crippen LogP contribution in [0, 0.1) is 5.82 Å². The molecule has 1 N–H and O–H groups in total. The van der Waals surface area contributed by atoms with Crippen molar-refractivity contribution in [2.75, 3.05) is 4.90 Å². The molecule has 9 heteroatoms. The Balaban J connectivity index is 1.53. The van der Waals surface area contributed by atoms with Crippen LogP contribution in [0.1, 0.15) is 29.7 Å². The molecule has 3 aromatic carbocycles. The average molecular weight is 565 g/mol. The monoisotopic (exact) mass is 564 g/mol. The van der Waals surface area contributed by atoms with E-state index in [1.54, 1.807) is 42.5 Å². The van der Waals surface area contributed by atoms with Crippen LogP contribution in [0.2, 0.25) is 0 Å². The minimum Gasteiger partial charge on any atom is -0.507 e. The molecule has 6 rings (SSSR count). The van der Waals surface area contributed by atoms with Gasteiger partial charge in [-0.1, -0.05) is 39.4 Å². The van der Waals surface area contributed by atoms with Crippen molar-refractivity contribution in [2.45, 2.75) is 25.5 Å². The number of aliphatic hydroxyl groups excluding tert-OH is 1. The van der Waals surface area contributed by atoms with E-state index in [1.807, 2.05) is 6.92 Å². The predicted octanol–water partition coefficient (Wildman–Crippen LogP) is 6.15. The number of ether oxygens (including phenoxy) is 1. The van der Waals surface area contributed by atoms with Gasteiger partial charge >= 0.3 is 5.91 Å². The van der Waals surface area contributed by atoms with Gasteiger partial charge in [0.05, 0.1) is 21.8 Å². The van der Waals surface area contributed by atoms with E-state index in [4.69, 9.17) is 4.74 Å². The van der Waals surface area contributed by atoms with Crippen molar-refractivity contribution in [3.63, 3.8) is 0 Å². The number of fused-ring (bicyclic) bond motifs is 2. The molecule has 2 aliphatic rings. The molecule has 1 aromatic heterocycles. The number of carbonyl (C=O) groups excluding carboxylic acids is 2. The molecule has 0 radical (unpaired) electrons. The normalized spacial score (nSPS) is 20.7. The molecular weight excluding hydrogens is 547 g/mol. The number of aromatic nitrogens is 1. The first-order chi connectivity index (χ1) is 17.3. The van der Waals surface area contributed by atoms with Gasteiger partial charge in [0, 0.05) is 16.5 Å². The lowest BCUT2D eigenvalue weighted by Gasteiger charge is -2.23. The highest BCUT2D eigenvalue weighted by Crippen LogP contribution is 2.45. The fourth-order valence-corrected chi connectivity index (χ4v) is 5.99. The Morgan fingerprint density at radius 1 is 1.14 bits per heavy atom. The van der Waals surface area contributed by atoms with Crippen LogP contribution in [-0.2, 0) is 16.0 Å². The molecule has 0 aliphatic carbocycles. The number of thiazole rings is 1. The highest BCUT2D eigenvalue weighted by molar-refractivity contribution is 9.10. The summed E-state index contributed by atoms with van der Waals surface area (Å²) < 4.78 is 20.9. The fraction of sp³-hybridized carbons (Fsp3) is 0.148. The number of ketones is 1. The summed E-state index contributed by atoms with van der Waals surface area (Å²) >= 11 is 4.53. The molecular formula is C27H18BrFN2O4S. The third-order valence-corrected chi connectivity index (χ3v) is 7.89. The first-order valence-corrected chi connectivity index (χ1v) is 12.8. The number of carbonyl (C=O) groups is 2. The molecule has 0 unspecified atom stereocenters. The summed E-state index contributed by atoms with van der Waals surface area (Å²) in [5, 5.41) is 11.6. The Morgan fingerprint density at radius 2 is 1.92 bits per heavy atom. The Hall–Kier alpha value is -3.56. The van der Waals surface area contributed by atoms with E-state index in [1.165, 1.54) is 23.1 Å². The SMILES string of the molecule is C[C@@H]1Cc2cc(C(O)=C3C(=O)C(=O)N(c4nc5ccc(F)cc5s4)[C@H]3c3ccc(Br)cc3)ccc2O1. The van der Waals surface area contributed by atoms with Crippen molar-refractivity contribution in [1.29, 1.82) is 0 Å². The molecule has 0 saturated carbocycles. The van der Waals surface area contributed by atoms with E-state index in [0.29, 0.717) is 27.8 Å². The van der Waals surface area contributed by atoms with Gasteiger partial charge in [-0.25, -0.2) is 9.37 Å². The third kappa shape index (κ3) is 3.70. The number of anilines is 1. The number of benzene rings is 3. The number of amides is 1. The first kappa shape index (κ1) is 22.9. The molecule has 0 spiro atoms. The number of hydrogen-bond acceptors (Lipinski definition) is 6. The third-order valence-electron chi connectivity index (χ3n) is 6.34. The second-order valence-corrected chi connectivity index (χ2v) is 10.7. The highest BCUT2D eigenvalue weighted by atomic mass is 79.9. The van der Waals surface area contributed by atoms with E-state index in [-0.39, 0.29) is 22.6 Å². The van der Waals surface area contributed by atoms with Crippen LogP contribution in [0.15, 0.2) is 70.7 Å². The van der Waals surface area contributed by atoms with E-state index in [9.17, 15) is 19.1 Å². The molecule has 3 heterocycles. The summed E-state index contributed by atoms with van der Waals surface area (Å²) in [4.78, 5) is 32.6. The summed E-state index contributed by atoms with van der Waals surface area (Å²) in [6.07, 6.45) is 0.707. The van der Waals surface area contributed by atoms with Gasteiger partial charge in [-0.15, -0.1) is 0 Å². The van der Waals surface area contributed by atoms with Crippen molar-refractivity contribution < 1.29 is 23.8 Å². The molecule has 180 valence electrons. The smallest absolute Gasteiger partial charge is 0.301 e. The summed E-state index contributed by atoms with van der Waals surface area (Å²) in [7, 11) is 0. The van der Waals surface area contributed by atoms with Crippen molar-refractivity contribution in [1.82, 2.24) is 4.98 Å². The lowest BCUT2D eigenvalue weighted by molar-refractivity contribution is -0.132. The molecule has 1 fully saturated rings. The Labute approximate surface area is 217 Å². The van der Waals surface area contributed by atoms with Gasteiger partial charge in [0.15, 0.2) is 5.13 Å². The zero-order valence-corrected chi connectivity index (χ0v) is 21.3. The summed E-state index contributed by atoms with van der Waals surface area (Å²) in [6.45, 7) is 1.96. The van der Waals surface area contributed by atoms with Crippen LogP contribution in [0.3, 0.4) is 0 Å². The number of Topliss-reactive ketones (excluding diaryl/α,β-unsaturated/α-hetero) is 1. The van der Waals surface area contributed by atoms with E-state index in [0.717, 1.165) is 27.1 Å². The van der Waals surface area contributed by atoms with Crippen LogP contribution in [0.4, 0.5) is 9.52 Å². The maximum Gasteiger partial charge on any atom is 0.301 e. The van der Waals surface area contributed by atoms with Crippen LogP contribution < -0.4 is 9.64 Å². The molecule has 4 aromatic rings. The van der Waals surface area contributed by atoms with Gasteiger partial charge < -0.3 is 9.84 Å². The number of hydrogen-bond donors (Lipinski definition) is 1. The van der Waals surface area contributed by atoms with Gasteiger partial charge in [-0.05, 0) is 66.6 Å². The Bertz CT molecular complexity index is 1600. The quantitative estimate of drug-likeness (QED) is 0.183. The van der Waals surface area contributed by atoms with Gasteiger partial charge in [-0.2, -0.15) is 0 Å². The summed E-state index contributed by atoms with van der Waals surface area (Å²) in [5.41, 5.74) is 2.47. The van der Waals surface area contributed by atoms with Crippen LogP contribution in [0.5, 0.6) is 5.75 Å². The summed E-state index contributed by atoms with van der Waals surface area (Å²) in [6, 6.07) is 15.7. The standard InChI is InChI=1S/C27H18BrFN2O4S/c1-13-10-16-11-15(4-9-20(16)35-13)24(32)22-23(14-2-5-17(28)6-3-14)31(26(34)25(22)33)27-30-19-8-7-18(29)12-21(19)36-27/h2-9,11-13,23,32H,10H2,1H3/t13-,23+/m1/s1. The zero-order chi connectivity index (χ0) is 25.1. The largest absolute Gasteiger partial charge is 0.507 e. The fourth-order valence-electron chi connectivity index (χ4n) is 4.70. The van der Waals surface area contributed by atoms with Crippen LogP contribution in [-0.4, -0.2) is 27.9 Å². The number of aliphatic hydroxyl groups is 1. The Morgan fingerprint density at radius 3 is 2.69 bits per heavy atom. The molecule has 0 bridgehead atoms. The van der Waals surface area contributed by atoms with Crippen LogP contribution in [0.25, 0.3) is 16.0 Å². The highest BCUT2D eigenvalue weighted by Gasteiger charge is 2.48. The molecule has 36 heavy (non-hydrogen) atoms. The van der Waals surface area contributed by atoms with Crippen molar-refractivity contribution in [3.8, 4) is 5.75 Å². The summed E-state index contributed by atoms with van der Waals surface area (Å²) in [5.74, 6) is -1.55.